The van der Waals surface area contributed by atoms with Gasteiger partial charge in [0.05, 0.1) is 24.1 Å². The first-order valence-electron chi connectivity index (χ1n) is 9.14. The van der Waals surface area contributed by atoms with Crippen LogP contribution in [0.4, 0.5) is 5.69 Å². The number of hydrogen-bond donors (Lipinski definition) is 1. The summed E-state index contributed by atoms with van der Waals surface area (Å²) in [6, 6.07) is 17.9. The summed E-state index contributed by atoms with van der Waals surface area (Å²) in [5.74, 6) is 0.864. The lowest BCUT2D eigenvalue weighted by Gasteiger charge is -2.35. The van der Waals surface area contributed by atoms with Crippen LogP contribution < -0.4 is 10.2 Å². The molecule has 1 N–H and O–H groups in total. The Bertz CT molecular complexity index is 695. The maximum Gasteiger partial charge on any atom is 0.120 e. The quantitative estimate of drug-likeness (QED) is 0.610. The molecule has 138 valence electrons. The van der Waals surface area contributed by atoms with Crippen molar-refractivity contribution in [2.45, 2.75) is 26.1 Å². The SMILES string of the molecule is CC1CN(CCOc2cccc(C=NNc3ccccc3)c2)CC(C)O1. The molecular formula is C21H27N3O2. The van der Waals surface area contributed by atoms with Gasteiger partial charge in [0.1, 0.15) is 12.4 Å². The fourth-order valence-electron chi connectivity index (χ4n) is 3.14. The van der Waals surface area contributed by atoms with Gasteiger partial charge >= 0.3 is 0 Å². The number of morpholine rings is 1. The Kier molecular flexibility index (Phi) is 6.63. The van der Waals surface area contributed by atoms with E-state index in [2.05, 4.69) is 29.3 Å². The molecule has 2 unspecified atom stereocenters. The van der Waals surface area contributed by atoms with E-state index in [4.69, 9.17) is 9.47 Å². The standard InChI is InChI=1S/C21H27N3O2/c1-17-15-24(16-18(2)26-17)11-12-25-21-10-6-7-19(13-21)14-22-23-20-8-4-3-5-9-20/h3-10,13-14,17-18,23H,11-12,15-16H2,1-2H3. The van der Waals surface area contributed by atoms with Crippen LogP contribution in [0, 0.1) is 0 Å². The highest BCUT2D eigenvalue weighted by Gasteiger charge is 2.21. The molecule has 5 heteroatoms. The third-order valence-corrected chi connectivity index (χ3v) is 4.21. The summed E-state index contributed by atoms with van der Waals surface area (Å²) < 4.78 is 11.7. The molecule has 26 heavy (non-hydrogen) atoms. The van der Waals surface area contributed by atoms with Gasteiger partial charge < -0.3 is 9.47 Å². The molecule has 2 aromatic rings. The van der Waals surface area contributed by atoms with Crippen LogP contribution in [0.15, 0.2) is 59.7 Å². The third-order valence-electron chi connectivity index (χ3n) is 4.21. The van der Waals surface area contributed by atoms with E-state index in [1.165, 1.54) is 0 Å². The Morgan fingerprint density at radius 3 is 2.65 bits per heavy atom. The molecule has 0 spiro atoms. The summed E-state index contributed by atoms with van der Waals surface area (Å²) in [6.07, 6.45) is 2.37. The number of hydrazone groups is 1. The van der Waals surface area contributed by atoms with Crippen molar-refractivity contribution in [3.63, 3.8) is 0 Å². The van der Waals surface area contributed by atoms with Gasteiger partial charge in [0.25, 0.3) is 0 Å². The van der Waals surface area contributed by atoms with E-state index in [0.717, 1.165) is 36.6 Å². The number of anilines is 1. The normalized spacial score (nSPS) is 21.0. The van der Waals surface area contributed by atoms with E-state index >= 15 is 0 Å². The van der Waals surface area contributed by atoms with E-state index in [1.54, 1.807) is 6.21 Å². The number of nitrogens with zero attached hydrogens (tertiary/aromatic N) is 2. The van der Waals surface area contributed by atoms with E-state index in [1.807, 2.05) is 54.6 Å². The Hall–Kier alpha value is -2.37. The van der Waals surface area contributed by atoms with E-state index in [0.29, 0.717) is 6.61 Å². The number of benzene rings is 2. The molecule has 5 nitrogen and oxygen atoms in total. The van der Waals surface area contributed by atoms with Gasteiger partial charge in [-0.15, -0.1) is 0 Å². The minimum atomic E-state index is 0.287. The minimum Gasteiger partial charge on any atom is -0.492 e. The Morgan fingerprint density at radius 1 is 1.12 bits per heavy atom. The lowest BCUT2D eigenvalue weighted by Crippen LogP contribution is -2.46. The number of rotatable bonds is 7. The first-order valence-corrected chi connectivity index (χ1v) is 9.14. The molecule has 1 aliphatic heterocycles. The van der Waals surface area contributed by atoms with Gasteiger partial charge in [-0.1, -0.05) is 30.3 Å². The average molecular weight is 353 g/mol. The van der Waals surface area contributed by atoms with Gasteiger partial charge in [0, 0.05) is 19.6 Å². The molecule has 0 amide bonds. The number of hydrogen-bond acceptors (Lipinski definition) is 5. The van der Waals surface area contributed by atoms with Crippen LogP contribution in [-0.2, 0) is 4.74 Å². The summed E-state index contributed by atoms with van der Waals surface area (Å²) in [6.45, 7) is 7.75. The van der Waals surface area contributed by atoms with Crippen molar-refractivity contribution in [1.82, 2.24) is 4.90 Å². The predicted molar refractivity (Wildman–Crippen MR) is 106 cm³/mol. The molecule has 1 aliphatic rings. The highest BCUT2D eigenvalue weighted by atomic mass is 16.5. The van der Waals surface area contributed by atoms with Crippen molar-refractivity contribution >= 4 is 11.9 Å². The molecular weight excluding hydrogens is 326 g/mol. The number of ether oxygens (including phenoxy) is 2. The molecule has 0 radical (unpaired) electrons. The first-order chi connectivity index (χ1) is 12.7. The summed E-state index contributed by atoms with van der Waals surface area (Å²) in [5.41, 5.74) is 4.98. The lowest BCUT2D eigenvalue weighted by atomic mass is 10.2. The maximum absolute atomic E-state index is 5.92. The summed E-state index contributed by atoms with van der Waals surface area (Å²) in [5, 5.41) is 4.27. The molecule has 1 saturated heterocycles. The van der Waals surface area contributed by atoms with Gasteiger partial charge in [0.15, 0.2) is 0 Å². The van der Waals surface area contributed by atoms with Crippen LogP contribution in [0.25, 0.3) is 0 Å². The van der Waals surface area contributed by atoms with Crippen LogP contribution in [0.2, 0.25) is 0 Å². The van der Waals surface area contributed by atoms with Gasteiger partial charge in [-0.3, -0.25) is 10.3 Å². The molecule has 2 aromatic carbocycles. The van der Waals surface area contributed by atoms with Crippen molar-refractivity contribution in [2.24, 2.45) is 5.10 Å². The van der Waals surface area contributed by atoms with Gasteiger partial charge in [-0.05, 0) is 43.7 Å². The first kappa shape index (κ1) is 18.4. The molecule has 0 saturated carbocycles. The van der Waals surface area contributed by atoms with Gasteiger partial charge in [-0.25, -0.2) is 0 Å². The molecule has 1 fully saturated rings. The van der Waals surface area contributed by atoms with Gasteiger partial charge in [0.2, 0.25) is 0 Å². The minimum absolute atomic E-state index is 0.287. The predicted octanol–water partition coefficient (Wildman–Crippen LogP) is 3.62. The molecule has 3 rings (SSSR count). The Labute approximate surface area is 155 Å². The largest absolute Gasteiger partial charge is 0.492 e. The van der Waals surface area contributed by atoms with Crippen LogP contribution in [-0.4, -0.2) is 49.6 Å². The summed E-state index contributed by atoms with van der Waals surface area (Å²) in [4.78, 5) is 2.40. The third kappa shape index (κ3) is 5.86. The van der Waals surface area contributed by atoms with Crippen molar-refractivity contribution in [2.75, 3.05) is 31.7 Å². The molecule has 1 heterocycles. The zero-order valence-corrected chi connectivity index (χ0v) is 15.5. The monoisotopic (exact) mass is 353 g/mol. The summed E-state index contributed by atoms with van der Waals surface area (Å²) >= 11 is 0. The van der Waals surface area contributed by atoms with Gasteiger partial charge in [-0.2, -0.15) is 5.10 Å². The van der Waals surface area contributed by atoms with E-state index < -0.39 is 0 Å². The second-order valence-electron chi connectivity index (χ2n) is 6.67. The molecule has 2 atom stereocenters. The Morgan fingerprint density at radius 2 is 1.88 bits per heavy atom. The van der Waals surface area contributed by atoms with Crippen LogP contribution in [0.1, 0.15) is 19.4 Å². The number of nitrogens with one attached hydrogen (secondary N) is 1. The fraction of sp³-hybridized carbons (Fsp3) is 0.381. The van der Waals surface area contributed by atoms with Crippen molar-refractivity contribution in [3.05, 3.63) is 60.2 Å². The van der Waals surface area contributed by atoms with E-state index in [-0.39, 0.29) is 12.2 Å². The van der Waals surface area contributed by atoms with Crippen LogP contribution in [0.3, 0.4) is 0 Å². The maximum atomic E-state index is 5.92. The number of para-hydroxylation sites is 1. The second kappa shape index (κ2) is 9.36. The lowest BCUT2D eigenvalue weighted by molar-refractivity contribution is -0.0699. The Balaban J connectivity index is 1.46. The smallest absolute Gasteiger partial charge is 0.120 e. The van der Waals surface area contributed by atoms with Crippen molar-refractivity contribution < 1.29 is 9.47 Å². The van der Waals surface area contributed by atoms with Crippen LogP contribution in [0.5, 0.6) is 5.75 Å². The highest BCUT2D eigenvalue weighted by Crippen LogP contribution is 2.14. The molecule has 0 aromatic heterocycles. The van der Waals surface area contributed by atoms with Crippen molar-refractivity contribution in [1.29, 1.82) is 0 Å². The fourth-order valence-corrected chi connectivity index (χ4v) is 3.14. The molecule has 0 bridgehead atoms. The summed E-state index contributed by atoms with van der Waals surface area (Å²) in [7, 11) is 0. The highest BCUT2D eigenvalue weighted by molar-refractivity contribution is 5.80. The topological polar surface area (TPSA) is 46.1 Å². The molecule has 0 aliphatic carbocycles. The van der Waals surface area contributed by atoms with E-state index in [9.17, 15) is 0 Å². The van der Waals surface area contributed by atoms with Crippen LogP contribution >= 0.6 is 0 Å². The average Bonchev–Trinajstić information content (AvgIpc) is 2.62. The second-order valence-corrected chi connectivity index (χ2v) is 6.67. The van der Waals surface area contributed by atoms with Crippen molar-refractivity contribution in [3.8, 4) is 5.75 Å². The zero-order valence-electron chi connectivity index (χ0n) is 15.5. The zero-order chi connectivity index (χ0) is 18.2.